The van der Waals surface area contributed by atoms with Gasteiger partial charge in [-0.05, 0) is 48.2 Å². The second-order valence-electron chi connectivity index (χ2n) is 9.95. The average molecular weight is 466 g/mol. The van der Waals surface area contributed by atoms with Crippen LogP contribution in [0, 0.1) is 0 Å². The molecule has 7 nitrogen and oxygen atoms in total. The molecule has 1 unspecified atom stereocenters. The number of nitrogens with zero attached hydrogens (tertiary/aromatic N) is 3. The standard InChI is InChI=1S/C28H23N3O4/c32-24-15-18-3-1-2-4-23(18)31(24)20-7-5-19(6-8-20)27(10-11-27)26(34)30-14-12-28(17-30)22-9-13-29-16-21(22)25(33)35-28/h1-9,13,16H,10-12,14-15,17H2. The van der Waals surface area contributed by atoms with Crippen molar-refractivity contribution < 1.29 is 19.1 Å². The third kappa shape index (κ3) is 2.84. The molecule has 2 amide bonds. The van der Waals surface area contributed by atoms with Crippen LogP contribution >= 0.6 is 0 Å². The zero-order valence-corrected chi connectivity index (χ0v) is 19.1. The van der Waals surface area contributed by atoms with Crippen LogP contribution in [0.1, 0.15) is 46.3 Å². The van der Waals surface area contributed by atoms with Crippen molar-refractivity contribution in [3.05, 3.63) is 89.2 Å². The second-order valence-corrected chi connectivity index (χ2v) is 9.95. The van der Waals surface area contributed by atoms with Gasteiger partial charge in [0.25, 0.3) is 0 Å². The number of amides is 2. The molecule has 3 aromatic rings. The maximum absolute atomic E-state index is 13.7. The molecule has 3 aliphatic heterocycles. The number of ether oxygens (including phenoxy) is 1. The number of aromatic nitrogens is 1. The van der Waals surface area contributed by atoms with Crippen molar-refractivity contribution in [1.82, 2.24) is 9.88 Å². The number of fused-ring (bicyclic) bond motifs is 3. The first-order valence-corrected chi connectivity index (χ1v) is 12.0. The number of pyridine rings is 1. The van der Waals surface area contributed by atoms with Gasteiger partial charge in [0.1, 0.15) is 0 Å². The molecule has 2 fully saturated rings. The lowest BCUT2D eigenvalue weighted by Crippen LogP contribution is -2.40. The van der Waals surface area contributed by atoms with Gasteiger partial charge in [0.05, 0.1) is 29.6 Å². The zero-order valence-electron chi connectivity index (χ0n) is 19.1. The molecule has 4 heterocycles. The highest BCUT2D eigenvalue weighted by Gasteiger charge is 2.57. The van der Waals surface area contributed by atoms with E-state index >= 15 is 0 Å². The lowest BCUT2D eigenvalue weighted by molar-refractivity contribution is -0.134. The summed E-state index contributed by atoms with van der Waals surface area (Å²) >= 11 is 0. The fraction of sp³-hybridized carbons (Fsp3) is 0.286. The van der Waals surface area contributed by atoms with Crippen LogP contribution in [0.5, 0.6) is 0 Å². The maximum Gasteiger partial charge on any atom is 0.341 e. The largest absolute Gasteiger partial charge is 0.449 e. The molecule has 0 radical (unpaired) electrons. The fourth-order valence-corrected chi connectivity index (χ4v) is 6.02. The van der Waals surface area contributed by atoms with Crippen molar-refractivity contribution in [3.8, 4) is 0 Å². The molecule has 0 bridgehead atoms. The van der Waals surface area contributed by atoms with Crippen molar-refractivity contribution in [2.45, 2.75) is 36.7 Å². The van der Waals surface area contributed by atoms with E-state index in [1.54, 1.807) is 17.3 Å². The molecular weight excluding hydrogens is 442 g/mol. The summed E-state index contributed by atoms with van der Waals surface area (Å²) in [4.78, 5) is 46.4. The van der Waals surface area contributed by atoms with E-state index in [4.69, 9.17) is 4.74 Å². The molecule has 0 N–H and O–H groups in total. The highest BCUT2D eigenvalue weighted by molar-refractivity contribution is 6.07. The Labute approximate surface area is 202 Å². The van der Waals surface area contributed by atoms with Gasteiger partial charge in [-0.2, -0.15) is 0 Å². The molecule has 4 aliphatic rings. The number of carbonyl (C=O) groups excluding carboxylic acids is 3. The Morgan fingerprint density at radius 1 is 0.971 bits per heavy atom. The Bertz CT molecular complexity index is 1410. The molecule has 7 heteroatoms. The van der Waals surface area contributed by atoms with Gasteiger partial charge in [-0.15, -0.1) is 0 Å². The van der Waals surface area contributed by atoms with E-state index in [0.29, 0.717) is 31.5 Å². The summed E-state index contributed by atoms with van der Waals surface area (Å²) < 4.78 is 5.80. The number of esters is 1. The predicted molar refractivity (Wildman–Crippen MR) is 127 cm³/mol. The molecule has 7 rings (SSSR count). The molecule has 35 heavy (non-hydrogen) atoms. The molecular formula is C28H23N3O4. The molecule has 174 valence electrons. The first-order valence-electron chi connectivity index (χ1n) is 12.0. The van der Waals surface area contributed by atoms with Crippen molar-refractivity contribution in [1.29, 1.82) is 0 Å². The molecule has 1 saturated heterocycles. The highest BCUT2D eigenvalue weighted by atomic mass is 16.6. The van der Waals surface area contributed by atoms with Gasteiger partial charge in [0.2, 0.25) is 11.8 Å². The molecule has 1 aliphatic carbocycles. The molecule has 1 spiro atoms. The van der Waals surface area contributed by atoms with Gasteiger partial charge >= 0.3 is 5.97 Å². The van der Waals surface area contributed by atoms with Crippen molar-refractivity contribution in [2.24, 2.45) is 0 Å². The Morgan fingerprint density at radius 2 is 1.77 bits per heavy atom. The van der Waals surface area contributed by atoms with Crippen molar-refractivity contribution in [2.75, 3.05) is 18.0 Å². The third-order valence-corrected chi connectivity index (χ3v) is 8.00. The minimum absolute atomic E-state index is 0.0557. The van der Waals surface area contributed by atoms with Crippen LogP contribution in [0.3, 0.4) is 0 Å². The van der Waals surface area contributed by atoms with Gasteiger partial charge in [0.15, 0.2) is 5.60 Å². The summed E-state index contributed by atoms with van der Waals surface area (Å²) in [7, 11) is 0. The fourth-order valence-electron chi connectivity index (χ4n) is 6.02. The first kappa shape index (κ1) is 20.4. The van der Waals surface area contributed by atoms with Crippen LogP contribution in [-0.4, -0.2) is 40.8 Å². The van der Waals surface area contributed by atoms with Crippen molar-refractivity contribution in [3.63, 3.8) is 0 Å². The van der Waals surface area contributed by atoms with Gasteiger partial charge in [-0.1, -0.05) is 30.3 Å². The summed E-state index contributed by atoms with van der Waals surface area (Å²) in [5.74, 6) is -0.222. The number of anilines is 2. The SMILES string of the molecule is O=C1OC2(CCN(C(=O)C3(c4ccc(N5C(=O)Cc6ccccc65)cc4)CC3)C2)c2ccncc21. The van der Waals surface area contributed by atoms with Crippen LogP contribution < -0.4 is 4.90 Å². The monoisotopic (exact) mass is 465 g/mol. The quantitative estimate of drug-likeness (QED) is 0.552. The molecule has 1 atom stereocenters. The van der Waals surface area contributed by atoms with Crippen LogP contribution in [-0.2, 0) is 31.8 Å². The van der Waals surface area contributed by atoms with Gasteiger partial charge in [-0.3, -0.25) is 19.5 Å². The second kappa shape index (κ2) is 7.01. The third-order valence-electron chi connectivity index (χ3n) is 8.00. The van der Waals surface area contributed by atoms with Crippen LogP contribution in [0.2, 0.25) is 0 Å². The minimum atomic E-state index is -0.769. The molecule has 1 saturated carbocycles. The lowest BCUT2D eigenvalue weighted by Gasteiger charge is -2.27. The number of hydrogen-bond donors (Lipinski definition) is 0. The van der Waals surface area contributed by atoms with Gasteiger partial charge < -0.3 is 9.64 Å². The Kier molecular flexibility index (Phi) is 4.08. The number of hydrogen-bond acceptors (Lipinski definition) is 5. The normalized spacial score (nSPS) is 23.4. The minimum Gasteiger partial charge on any atom is -0.449 e. The van der Waals surface area contributed by atoms with E-state index in [2.05, 4.69) is 4.98 Å². The van der Waals surface area contributed by atoms with E-state index in [-0.39, 0.29) is 17.8 Å². The van der Waals surface area contributed by atoms with Gasteiger partial charge in [0, 0.05) is 36.6 Å². The van der Waals surface area contributed by atoms with Gasteiger partial charge in [-0.25, -0.2) is 4.79 Å². The summed E-state index contributed by atoms with van der Waals surface area (Å²) in [5.41, 5.74) is 3.76. The first-order chi connectivity index (χ1) is 17.0. The van der Waals surface area contributed by atoms with E-state index in [9.17, 15) is 14.4 Å². The smallest absolute Gasteiger partial charge is 0.341 e. The van der Waals surface area contributed by atoms with Crippen LogP contribution in [0.25, 0.3) is 0 Å². The summed E-state index contributed by atoms with van der Waals surface area (Å²) in [5, 5.41) is 0. The van der Waals surface area contributed by atoms with Crippen molar-refractivity contribution >= 4 is 29.2 Å². The lowest BCUT2D eigenvalue weighted by atomic mass is 9.92. The molecule has 2 aromatic carbocycles. The van der Waals surface area contributed by atoms with E-state index in [0.717, 1.165) is 40.9 Å². The predicted octanol–water partition coefficient (Wildman–Crippen LogP) is 3.63. The van der Waals surface area contributed by atoms with E-state index < -0.39 is 11.0 Å². The number of likely N-dealkylation sites (tertiary alicyclic amines) is 1. The summed E-state index contributed by atoms with van der Waals surface area (Å²) in [6.07, 6.45) is 5.79. The summed E-state index contributed by atoms with van der Waals surface area (Å²) in [6.45, 7) is 0.917. The zero-order chi connectivity index (χ0) is 23.8. The Hall–Kier alpha value is -4.00. The number of rotatable bonds is 3. The summed E-state index contributed by atoms with van der Waals surface area (Å²) in [6, 6.07) is 17.5. The van der Waals surface area contributed by atoms with Crippen LogP contribution in [0.4, 0.5) is 11.4 Å². The Morgan fingerprint density at radius 3 is 2.57 bits per heavy atom. The average Bonchev–Trinajstić information content (AvgIpc) is 3.36. The number of para-hydroxylation sites is 1. The van der Waals surface area contributed by atoms with E-state index in [1.807, 2.05) is 59.5 Å². The van der Waals surface area contributed by atoms with E-state index in [1.165, 1.54) is 0 Å². The number of carbonyl (C=O) groups is 3. The Balaban J connectivity index is 1.14. The highest BCUT2D eigenvalue weighted by Crippen LogP contribution is 2.52. The molecule has 1 aromatic heterocycles. The number of benzene rings is 2. The topological polar surface area (TPSA) is 79.8 Å². The maximum atomic E-state index is 13.7. The van der Waals surface area contributed by atoms with Crippen LogP contribution in [0.15, 0.2) is 67.0 Å².